The Balaban J connectivity index is 1.82. The van der Waals surface area contributed by atoms with Gasteiger partial charge in [-0.15, -0.1) is 0 Å². The van der Waals surface area contributed by atoms with Crippen LogP contribution in [0.3, 0.4) is 0 Å². The second-order valence-electron chi connectivity index (χ2n) is 4.18. The van der Waals surface area contributed by atoms with Gasteiger partial charge in [0.25, 0.3) is 0 Å². The fraction of sp³-hybridized carbons (Fsp3) is 1.00. The van der Waals surface area contributed by atoms with Crippen molar-refractivity contribution in [2.75, 3.05) is 38.1 Å². The molecule has 0 bridgehead atoms. The Morgan fingerprint density at radius 1 is 1.58 bits per heavy atom. The van der Waals surface area contributed by atoms with Crippen molar-refractivity contribution in [3.63, 3.8) is 0 Å². The van der Waals surface area contributed by atoms with E-state index in [1.165, 1.54) is 21.6 Å². The van der Waals surface area contributed by atoms with Crippen molar-refractivity contribution >= 4 is 18.9 Å². The summed E-state index contributed by atoms with van der Waals surface area (Å²) in [6, 6.07) is 0. The van der Waals surface area contributed by atoms with E-state index < -0.39 is 0 Å². The van der Waals surface area contributed by atoms with Crippen LogP contribution < -0.4 is 0 Å². The number of ether oxygens (including phenoxy) is 2. The lowest BCUT2D eigenvalue weighted by Gasteiger charge is -2.24. The maximum absolute atomic E-state index is 5.46. The lowest BCUT2D eigenvalue weighted by molar-refractivity contribution is 0.117. The normalized spacial score (nSPS) is 24.3. The third-order valence-corrected chi connectivity index (χ3v) is 4.49. The molecule has 1 unspecified atom stereocenters. The van der Waals surface area contributed by atoms with Crippen LogP contribution in [0.2, 0.25) is 0 Å². The molecule has 0 aromatic rings. The average molecular weight is 208 g/mol. The number of epoxide rings is 1. The molecule has 1 fully saturated rings. The topological polar surface area (TPSA) is 21.8 Å². The van der Waals surface area contributed by atoms with Crippen LogP contribution in [0.5, 0.6) is 0 Å². The van der Waals surface area contributed by atoms with Crippen LogP contribution in [0.15, 0.2) is 0 Å². The van der Waals surface area contributed by atoms with Crippen molar-refractivity contribution in [3.8, 4) is 0 Å². The van der Waals surface area contributed by atoms with Crippen molar-refractivity contribution in [1.82, 2.24) is 0 Å². The van der Waals surface area contributed by atoms with E-state index in [-0.39, 0.29) is 9.48 Å². The van der Waals surface area contributed by atoms with E-state index in [1.54, 1.807) is 0 Å². The standard InChI is InChI=1S/C8H20O2SSi/c1-11(2,12)5-3-4-9-6-8-7-10-8/h8H,3-7H2,1-2,12H3. The molecule has 1 aliphatic heterocycles. The van der Waals surface area contributed by atoms with E-state index in [4.69, 9.17) is 9.47 Å². The Labute approximate surface area is 79.4 Å². The van der Waals surface area contributed by atoms with Crippen molar-refractivity contribution in [2.24, 2.45) is 0 Å². The quantitative estimate of drug-likeness (QED) is 0.352. The smallest absolute Gasteiger partial charge is 0.104 e. The molecule has 0 aromatic heterocycles. The lowest BCUT2D eigenvalue weighted by atomic mass is 10.5. The lowest BCUT2D eigenvalue weighted by Crippen LogP contribution is -2.07. The molecule has 2 nitrogen and oxygen atoms in total. The van der Waals surface area contributed by atoms with Crippen LogP contribution in [0.4, 0.5) is 0 Å². The molecule has 1 heterocycles. The fourth-order valence-corrected chi connectivity index (χ4v) is 2.82. The van der Waals surface area contributed by atoms with Gasteiger partial charge in [-0.3, -0.25) is 9.48 Å². The molecule has 0 aliphatic carbocycles. The maximum Gasteiger partial charge on any atom is 0.104 e. The molecular formula is C8H20O2SSi. The molecule has 1 rings (SSSR count). The Kier molecular flexibility index (Phi) is 4.09. The highest BCUT2D eigenvalue weighted by atomic mass is 32.4. The molecule has 1 saturated heterocycles. The third kappa shape index (κ3) is 6.05. The van der Waals surface area contributed by atoms with Gasteiger partial charge in [-0.1, -0.05) is 0 Å². The SMILES string of the molecule is CS(C)([SiH3])CCCOCC1CO1. The van der Waals surface area contributed by atoms with Crippen molar-refractivity contribution < 1.29 is 9.47 Å². The zero-order valence-corrected chi connectivity index (χ0v) is 11.2. The minimum absolute atomic E-state index is 0.182. The van der Waals surface area contributed by atoms with Crippen LogP contribution >= 0.6 is 9.48 Å². The summed E-state index contributed by atoms with van der Waals surface area (Å²) in [5.74, 6) is 1.38. The number of hydrogen-bond donors (Lipinski definition) is 0. The van der Waals surface area contributed by atoms with Gasteiger partial charge >= 0.3 is 0 Å². The van der Waals surface area contributed by atoms with Crippen LogP contribution in [-0.2, 0) is 9.47 Å². The Bertz CT molecular complexity index is 132. The van der Waals surface area contributed by atoms with Gasteiger partial charge in [0.2, 0.25) is 0 Å². The zero-order chi connectivity index (χ0) is 9.03. The fourth-order valence-electron chi connectivity index (χ4n) is 0.973. The highest BCUT2D eigenvalue weighted by Crippen LogP contribution is 2.33. The molecule has 12 heavy (non-hydrogen) atoms. The van der Waals surface area contributed by atoms with Crippen LogP contribution in [0.25, 0.3) is 0 Å². The summed E-state index contributed by atoms with van der Waals surface area (Å²) >= 11 is 0. The van der Waals surface area contributed by atoms with Gasteiger partial charge in [-0.05, 0) is 24.7 Å². The molecular weight excluding hydrogens is 188 g/mol. The van der Waals surface area contributed by atoms with Gasteiger partial charge in [0, 0.05) is 16.0 Å². The first kappa shape index (κ1) is 10.6. The van der Waals surface area contributed by atoms with E-state index in [1.807, 2.05) is 0 Å². The molecule has 74 valence electrons. The summed E-state index contributed by atoms with van der Waals surface area (Å²) in [6.45, 7) is 2.66. The van der Waals surface area contributed by atoms with E-state index in [9.17, 15) is 0 Å². The molecule has 0 aromatic carbocycles. The van der Waals surface area contributed by atoms with Gasteiger partial charge in [-0.25, -0.2) is 0 Å². The first-order valence-electron chi connectivity index (χ1n) is 4.43. The zero-order valence-electron chi connectivity index (χ0n) is 8.34. The van der Waals surface area contributed by atoms with Crippen LogP contribution in [-0.4, -0.2) is 53.6 Å². The second-order valence-corrected chi connectivity index (χ2v) is 15.4. The second kappa shape index (κ2) is 4.65. The molecule has 0 N–H and O–H groups in total. The largest absolute Gasteiger partial charge is 0.379 e. The van der Waals surface area contributed by atoms with E-state index >= 15 is 0 Å². The van der Waals surface area contributed by atoms with Gasteiger partial charge in [0.05, 0.1) is 13.2 Å². The van der Waals surface area contributed by atoms with Gasteiger partial charge < -0.3 is 9.47 Å². The molecule has 1 aliphatic rings. The Morgan fingerprint density at radius 2 is 2.25 bits per heavy atom. The van der Waals surface area contributed by atoms with E-state index in [0.717, 1.165) is 19.8 Å². The molecule has 0 radical (unpaired) electrons. The van der Waals surface area contributed by atoms with E-state index in [0.29, 0.717) is 6.10 Å². The summed E-state index contributed by atoms with van der Waals surface area (Å²) in [4.78, 5) is 0. The van der Waals surface area contributed by atoms with Crippen molar-refractivity contribution in [2.45, 2.75) is 12.5 Å². The minimum atomic E-state index is -0.182. The molecule has 4 heteroatoms. The number of hydrogen-bond acceptors (Lipinski definition) is 2. The average Bonchev–Trinajstić information content (AvgIpc) is 2.68. The molecule has 0 spiro atoms. The van der Waals surface area contributed by atoms with Gasteiger partial charge in [0.1, 0.15) is 6.10 Å². The first-order valence-corrected chi connectivity index (χ1v) is 9.91. The van der Waals surface area contributed by atoms with Crippen LogP contribution in [0.1, 0.15) is 6.42 Å². The summed E-state index contributed by atoms with van der Waals surface area (Å²) in [5.41, 5.74) is 0. The minimum Gasteiger partial charge on any atom is -0.379 e. The van der Waals surface area contributed by atoms with Crippen molar-refractivity contribution in [3.05, 3.63) is 0 Å². The first-order chi connectivity index (χ1) is 5.58. The molecule has 0 saturated carbocycles. The summed E-state index contributed by atoms with van der Waals surface area (Å²) in [7, 11) is 1.18. The summed E-state index contributed by atoms with van der Waals surface area (Å²) in [6.07, 6.45) is 6.48. The summed E-state index contributed by atoms with van der Waals surface area (Å²) < 4.78 is 10.5. The van der Waals surface area contributed by atoms with E-state index in [2.05, 4.69) is 12.5 Å². The predicted octanol–water partition coefficient (Wildman–Crippen LogP) is 0.136. The number of rotatable bonds is 6. The van der Waals surface area contributed by atoms with Gasteiger partial charge in [0.15, 0.2) is 0 Å². The van der Waals surface area contributed by atoms with Crippen LogP contribution in [0, 0.1) is 0 Å². The maximum atomic E-state index is 5.46. The summed E-state index contributed by atoms with van der Waals surface area (Å²) in [5, 5.41) is 0. The molecule has 0 amide bonds. The van der Waals surface area contributed by atoms with Crippen molar-refractivity contribution in [1.29, 1.82) is 0 Å². The Morgan fingerprint density at radius 3 is 2.75 bits per heavy atom. The predicted molar refractivity (Wildman–Crippen MR) is 59.4 cm³/mol. The third-order valence-electron chi connectivity index (χ3n) is 1.75. The monoisotopic (exact) mass is 208 g/mol. The molecule has 1 atom stereocenters. The van der Waals surface area contributed by atoms with Gasteiger partial charge in [-0.2, -0.15) is 0 Å². The highest BCUT2D eigenvalue weighted by Gasteiger charge is 2.21. The highest BCUT2D eigenvalue weighted by molar-refractivity contribution is 8.49. The Hall–Kier alpha value is 0.487.